The Balaban J connectivity index is 1.63. The van der Waals surface area contributed by atoms with Gasteiger partial charge >= 0.3 is 0 Å². The molecule has 0 saturated carbocycles. The first-order valence-electron chi connectivity index (χ1n) is 7.02. The minimum absolute atomic E-state index is 0.822. The van der Waals surface area contributed by atoms with Crippen molar-refractivity contribution in [3.05, 3.63) is 34.3 Å². The lowest BCUT2D eigenvalue weighted by Gasteiger charge is -2.25. The molecule has 0 aromatic heterocycles. The second-order valence-corrected chi connectivity index (χ2v) is 6.46. The molecule has 1 atom stereocenters. The molecular weight excluding hydrogens is 288 g/mol. The Morgan fingerprint density at radius 2 is 1.83 bits per heavy atom. The molecule has 98 valence electrons. The first-order chi connectivity index (χ1) is 8.81. The fourth-order valence-electron chi connectivity index (χ4n) is 3.27. The predicted molar refractivity (Wildman–Crippen MR) is 78.6 cm³/mol. The van der Waals surface area contributed by atoms with Gasteiger partial charge in [0.05, 0.1) is 0 Å². The fraction of sp³-hybridized carbons (Fsp3) is 0.600. The summed E-state index contributed by atoms with van der Waals surface area (Å²) in [4.78, 5) is 5.33. The topological polar surface area (TPSA) is 6.48 Å². The van der Waals surface area contributed by atoms with Crippen molar-refractivity contribution < 1.29 is 0 Å². The average Bonchev–Trinajstić information content (AvgIpc) is 2.71. The van der Waals surface area contributed by atoms with Crippen LogP contribution in [0.4, 0.5) is 0 Å². The van der Waals surface area contributed by atoms with E-state index in [1.807, 2.05) is 0 Å². The van der Waals surface area contributed by atoms with Crippen molar-refractivity contribution in [3.8, 4) is 0 Å². The van der Waals surface area contributed by atoms with E-state index >= 15 is 0 Å². The lowest BCUT2D eigenvalue weighted by molar-refractivity contribution is 0.215. The molecule has 0 aliphatic carbocycles. The number of benzene rings is 1. The van der Waals surface area contributed by atoms with E-state index in [-0.39, 0.29) is 0 Å². The summed E-state index contributed by atoms with van der Waals surface area (Å²) < 4.78 is 1.17. The van der Waals surface area contributed by atoms with Crippen LogP contribution in [0, 0.1) is 0 Å². The van der Waals surface area contributed by atoms with Gasteiger partial charge in [0.1, 0.15) is 0 Å². The summed E-state index contributed by atoms with van der Waals surface area (Å²) in [7, 11) is 0. The van der Waals surface area contributed by atoms with Crippen LogP contribution in [0.15, 0.2) is 28.7 Å². The number of halogens is 1. The Bertz CT molecular complexity index is 390. The minimum Gasteiger partial charge on any atom is -0.299 e. The molecule has 1 aromatic carbocycles. The van der Waals surface area contributed by atoms with Gasteiger partial charge in [0, 0.05) is 23.6 Å². The van der Waals surface area contributed by atoms with Crippen molar-refractivity contribution in [2.45, 2.75) is 31.8 Å². The van der Waals surface area contributed by atoms with Gasteiger partial charge in [0.2, 0.25) is 0 Å². The SMILES string of the molecule is Brc1ccc(CN2CCCN3CCC[C@H]3C2)cc1. The van der Waals surface area contributed by atoms with Gasteiger partial charge < -0.3 is 0 Å². The molecule has 3 rings (SSSR count). The quantitative estimate of drug-likeness (QED) is 0.828. The van der Waals surface area contributed by atoms with Gasteiger partial charge in [-0.2, -0.15) is 0 Å². The monoisotopic (exact) mass is 308 g/mol. The zero-order valence-corrected chi connectivity index (χ0v) is 12.4. The van der Waals surface area contributed by atoms with Gasteiger partial charge in [-0.15, -0.1) is 0 Å². The first-order valence-corrected chi connectivity index (χ1v) is 7.81. The second kappa shape index (κ2) is 5.72. The van der Waals surface area contributed by atoms with Crippen LogP contribution in [0.5, 0.6) is 0 Å². The predicted octanol–water partition coefficient (Wildman–Crippen LogP) is 3.12. The minimum atomic E-state index is 0.822. The van der Waals surface area contributed by atoms with E-state index in [0.717, 1.165) is 12.6 Å². The smallest absolute Gasteiger partial charge is 0.0234 e. The van der Waals surface area contributed by atoms with Gasteiger partial charge in [-0.05, 0) is 56.6 Å². The molecule has 2 nitrogen and oxygen atoms in total. The number of hydrogen-bond acceptors (Lipinski definition) is 2. The van der Waals surface area contributed by atoms with E-state index in [0.29, 0.717) is 0 Å². The first kappa shape index (κ1) is 12.6. The van der Waals surface area contributed by atoms with E-state index in [2.05, 4.69) is 50.0 Å². The Kier molecular flexibility index (Phi) is 4.02. The van der Waals surface area contributed by atoms with E-state index < -0.39 is 0 Å². The normalized spacial score (nSPS) is 25.9. The lowest BCUT2D eigenvalue weighted by Crippen LogP contribution is -2.36. The second-order valence-electron chi connectivity index (χ2n) is 5.55. The van der Waals surface area contributed by atoms with Crippen LogP contribution in [-0.2, 0) is 6.54 Å². The molecule has 2 saturated heterocycles. The van der Waals surface area contributed by atoms with Crippen molar-refractivity contribution in [2.75, 3.05) is 26.2 Å². The summed E-state index contributed by atoms with van der Waals surface area (Å²) >= 11 is 3.50. The van der Waals surface area contributed by atoms with Crippen LogP contribution < -0.4 is 0 Å². The highest BCUT2D eigenvalue weighted by atomic mass is 79.9. The highest BCUT2D eigenvalue weighted by Crippen LogP contribution is 2.22. The van der Waals surface area contributed by atoms with E-state index in [1.54, 1.807) is 0 Å². The molecule has 0 spiro atoms. The Morgan fingerprint density at radius 3 is 2.67 bits per heavy atom. The lowest BCUT2D eigenvalue weighted by atomic mass is 10.1. The van der Waals surface area contributed by atoms with Crippen LogP contribution in [0.1, 0.15) is 24.8 Å². The summed E-state index contributed by atoms with van der Waals surface area (Å²) in [5.41, 5.74) is 1.43. The van der Waals surface area contributed by atoms with Crippen LogP contribution in [0.2, 0.25) is 0 Å². The van der Waals surface area contributed by atoms with Crippen LogP contribution in [0.25, 0.3) is 0 Å². The molecule has 2 aliphatic heterocycles. The molecule has 0 unspecified atom stereocenters. The van der Waals surface area contributed by atoms with E-state index in [4.69, 9.17) is 0 Å². The Labute approximate surface area is 118 Å². The molecule has 2 heterocycles. The van der Waals surface area contributed by atoms with Crippen molar-refractivity contribution >= 4 is 15.9 Å². The summed E-state index contributed by atoms with van der Waals surface area (Å²) in [5.74, 6) is 0. The van der Waals surface area contributed by atoms with Crippen LogP contribution in [-0.4, -0.2) is 42.0 Å². The number of nitrogens with zero attached hydrogens (tertiary/aromatic N) is 2. The average molecular weight is 309 g/mol. The number of hydrogen-bond donors (Lipinski definition) is 0. The third-order valence-electron chi connectivity index (χ3n) is 4.21. The molecule has 2 aliphatic rings. The van der Waals surface area contributed by atoms with Gasteiger partial charge in [0.25, 0.3) is 0 Å². The molecular formula is C15H21BrN2. The maximum absolute atomic E-state index is 3.50. The fourth-order valence-corrected chi connectivity index (χ4v) is 3.54. The summed E-state index contributed by atoms with van der Waals surface area (Å²) in [5, 5.41) is 0. The standard InChI is InChI=1S/C15H21BrN2/c16-14-6-4-13(5-7-14)11-17-8-2-10-18-9-1-3-15(18)12-17/h4-7,15H,1-3,8-12H2/t15-/m0/s1. The molecule has 0 radical (unpaired) electrons. The van der Waals surface area contributed by atoms with Crippen molar-refractivity contribution in [2.24, 2.45) is 0 Å². The Hall–Kier alpha value is -0.380. The van der Waals surface area contributed by atoms with E-state index in [1.165, 1.54) is 55.5 Å². The summed E-state index contributed by atoms with van der Waals surface area (Å²) in [6.45, 7) is 6.26. The van der Waals surface area contributed by atoms with E-state index in [9.17, 15) is 0 Å². The van der Waals surface area contributed by atoms with Gasteiger partial charge in [-0.1, -0.05) is 28.1 Å². The van der Waals surface area contributed by atoms with Crippen molar-refractivity contribution in [1.29, 1.82) is 0 Å². The van der Waals surface area contributed by atoms with Gasteiger partial charge in [-0.25, -0.2) is 0 Å². The third-order valence-corrected chi connectivity index (χ3v) is 4.74. The molecule has 0 bridgehead atoms. The molecule has 0 N–H and O–H groups in total. The molecule has 1 aromatic rings. The zero-order chi connectivity index (χ0) is 12.4. The third kappa shape index (κ3) is 2.95. The highest BCUT2D eigenvalue weighted by molar-refractivity contribution is 9.10. The Morgan fingerprint density at radius 1 is 1.06 bits per heavy atom. The molecule has 2 fully saturated rings. The van der Waals surface area contributed by atoms with Gasteiger partial charge in [-0.3, -0.25) is 9.80 Å². The number of fused-ring (bicyclic) bond motifs is 1. The zero-order valence-electron chi connectivity index (χ0n) is 10.8. The summed E-state index contributed by atoms with van der Waals surface area (Å²) in [6, 6.07) is 9.59. The van der Waals surface area contributed by atoms with Crippen LogP contribution >= 0.6 is 15.9 Å². The molecule has 3 heteroatoms. The van der Waals surface area contributed by atoms with Crippen molar-refractivity contribution in [3.63, 3.8) is 0 Å². The van der Waals surface area contributed by atoms with Crippen molar-refractivity contribution in [1.82, 2.24) is 9.80 Å². The summed E-state index contributed by atoms with van der Waals surface area (Å²) in [6.07, 6.45) is 4.13. The number of rotatable bonds is 2. The van der Waals surface area contributed by atoms with Gasteiger partial charge in [0.15, 0.2) is 0 Å². The largest absolute Gasteiger partial charge is 0.299 e. The van der Waals surface area contributed by atoms with Crippen LogP contribution in [0.3, 0.4) is 0 Å². The maximum Gasteiger partial charge on any atom is 0.0234 e. The highest BCUT2D eigenvalue weighted by Gasteiger charge is 2.28. The maximum atomic E-state index is 3.50. The molecule has 18 heavy (non-hydrogen) atoms. The molecule has 0 amide bonds.